The summed E-state index contributed by atoms with van der Waals surface area (Å²) < 4.78 is 17.6. The van der Waals surface area contributed by atoms with Crippen molar-refractivity contribution in [1.29, 1.82) is 0 Å². The van der Waals surface area contributed by atoms with Crippen molar-refractivity contribution >= 4 is 39.4 Å². The lowest BCUT2D eigenvalue weighted by molar-refractivity contribution is -0.118. The first-order chi connectivity index (χ1) is 18.4. The third kappa shape index (κ3) is 4.67. The average Bonchev–Trinajstić information content (AvgIpc) is 3.27. The van der Waals surface area contributed by atoms with E-state index in [1.54, 1.807) is 37.1 Å². The van der Waals surface area contributed by atoms with Gasteiger partial charge in [0.05, 0.1) is 34.9 Å². The van der Waals surface area contributed by atoms with Crippen LogP contribution in [0.15, 0.2) is 55.5 Å². The molecule has 0 spiro atoms. The maximum absolute atomic E-state index is 12.4. The fourth-order valence-electron chi connectivity index (χ4n) is 4.26. The fourth-order valence-corrected chi connectivity index (χ4v) is 5.46. The van der Waals surface area contributed by atoms with Crippen LogP contribution in [0.1, 0.15) is 32.7 Å². The van der Waals surface area contributed by atoms with Gasteiger partial charge in [0.25, 0.3) is 0 Å². The van der Waals surface area contributed by atoms with Crippen molar-refractivity contribution in [3.05, 3.63) is 55.5 Å². The number of nitrogens with zero attached hydrogens (tertiary/aromatic N) is 8. The summed E-state index contributed by atoms with van der Waals surface area (Å²) in [6, 6.07) is 3.94. The van der Waals surface area contributed by atoms with Crippen LogP contribution in [0.4, 0.5) is 11.6 Å². The molecule has 1 unspecified atom stereocenters. The molecular weight excluding hydrogens is 504 g/mol. The number of carbonyl (C=O) groups is 1. The van der Waals surface area contributed by atoms with E-state index in [4.69, 9.17) is 5.73 Å². The summed E-state index contributed by atoms with van der Waals surface area (Å²) in [5.74, 6) is 1.24. The summed E-state index contributed by atoms with van der Waals surface area (Å²) >= 11 is 0. The monoisotopic (exact) mass is 530 g/mol. The SMILES string of the molecule is CC(C)n1cc(-c2cnn(CC(N)=O)c2)c2cnc(Nc3ccnc(-c4cnn(S(=O)C5CC5)c4)n3)cc21. The fraction of sp³-hybridized carbons (Fsp3) is 0.280. The smallest absolute Gasteiger partial charge is 0.239 e. The Morgan fingerprint density at radius 1 is 1.11 bits per heavy atom. The summed E-state index contributed by atoms with van der Waals surface area (Å²) in [6.07, 6.45) is 14.4. The van der Waals surface area contributed by atoms with Gasteiger partial charge in [-0.25, -0.2) is 19.2 Å². The van der Waals surface area contributed by atoms with E-state index >= 15 is 0 Å². The Hall–Kier alpha value is -4.39. The van der Waals surface area contributed by atoms with Gasteiger partial charge >= 0.3 is 0 Å². The molecule has 5 heterocycles. The van der Waals surface area contributed by atoms with Gasteiger partial charge in [-0.15, -0.1) is 0 Å². The third-order valence-electron chi connectivity index (χ3n) is 6.26. The first-order valence-corrected chi connectivity index (χ1v) is 13.4. The maximum atomic E-state index is 12.4. The van der Waals surface area contributed by atoms with E-state index in [0.29, 0.717) is 23.0 Å². The summed E-state index contributed by atoms with van der Waals surface area (Å²) in [5, 5.41) is 12.9. The quantitative estimate of drug-likeness (QED) is 0.295. The van der Waals surface area contributed by atoms with Gasteiger partial charge in [0.15, 0.2) is 5.82 Å². The Kier molecular flexibility index (Phi) is 5.98. The van der Waals surface area contributed by atoms with Crippen LogP contribution in [0.3, 0.4) is 0 Å². The van der Waals surface area contributed by atoms with Crippen LogP contribution >= 0.6 is 0 Å². The average molecular weight is 531 g/mol. The van der Waals surface area contributed by atoms with Crippen LogP contribution in [0, 0.1) is 0 Å². The number of hydrogen-bond donors (Lipinski definition) is 2. The number of carbonyl (C=O) groups excluding carboxylic acids is 1. The molecule has 5 aromatic rings. The molecule has 0 saturated heterocycles. The Morgan fingerprint density at radius 2 is 1.92 bits per heavy atom. The molecule has 38 heavy (non-hydrogen) atoms. The van der Waals surface area contributed by atoms with Gasteiger partial charge in [0, 0.05) is 53.4 Å². The molecule has 1 aliphatic carbocycles. The van der Waals surface area contributed by atoms with Crippen LogP contribution in [0.25, 0.3) is 33.4 Å². The number of rotatable bonds is 9. The zero-order valence-corrected chi connectivity index (χ0v) is 21.7. The highest BCUT2D eigenvalue weighted by molar-refractivity contribution is 7.84. The molecule has 1 atom stereocenters. The summed E-state index contributed by atoms with van der Waals surface area (Å²) in [5.41, 5.74) is 8.84. The van der Waals surface area contributed by atoms with Crippen LogP contribution in [-0.4, -0.2) is 53.9 Å². The Balaban J connectivity index is 1.29. The van der Waals surface area contributed by atoms with Crippen LogP contribution in [-0.2, 0) is 22.3 Å². The highest BCUT2D eigenvalue weighted by atomic mass is 32.2. The first kappa shape index (κ1) is 24.0. The molecule has 12 nitrogen and oxygen atoms in total. The lowest BCUT2D eigenvalue weighted by Crippen LogP contribution is -2.18. The van der Waals surface area contributed by atoms with E-state index in [1.165, 1.54) is 8.77 Å². The largest absolute Gasteiger partial charge is 0.368 e. The highest BCUT2D eigenvalue weighted by Gasteiger charge is 2.30. The minimum Gasteiger partial charge on any atom is -0.368 e. The van der Waals surface area contributed by atoms with Gasteiger partial charge in [0.2, 0.25) is 5.91 Å². The summed E-state index contributed by atoms with van der Waals surface area (Å²) in [4.78, 5) is 24.9. The number of aromatic nitrogens is 8. The molecule has 6 rings (SSSR count). The molecule has 0 aliphatic heterocycles. The van der Waals surface area contributed by atoms with Crippen molar-refractivity contribution in [2.24, 2.45) is 5.73 Å². The minimum absolute atomic E-state index is 0.0230. The topological polar surface area (TPSA) is 151 Å². The third-order valence-corrected chi connectivity index (χ3v) is 7.87. The van der Waals surface area contributed by atoms with Gasteiger partial charge in [-0.1, -0.05) is 0 Å². The Bertz CT molecular complexity index is 1680. The Labute approximate surface area is 220 Å². The van der Waals surface area contributed by atoms with E-state index in [1.807, 2.05) is 12.3 Å². The van der Waals surface area contributed by atoms with E-state index in [2.05, 4.69) is 55.1 Å². The Morgan fingerprint density at radius 3 is 2.68 bits per heavy atom. The second kappa shape index (κ2) is 9.49. The molecule has 1 aliphatic rings. The van der Waals surface area contributed by atoms with Crippen molar-refractivity contribution in [3.8, 4) is 22.5 Å². The molecule has 5 aromatic heterocycles. The molecule has 3 N–H and O–H groups in total. The van der Waals surface area contributed by atoms with E-state index in [-0.39, 0.29) is 17.8 Å². The molecule has 194 valence electrons. The predicted octanol–water partition coefficient (Wildman–Crippen LogP) is 3.04. The lowest BCUT2D eigenvalue weighted by Gasteiger charge is -2.10. The van der Waals surface area contributed by atoms with E-state index < -0.39 is 16.9 Å². The second-order valence-corrected chi connectivity index (χ2v) is 11.1. The van der Waals surface area contributed by atoms with Gasteiger partial charge in [-0.2, -0.15) is 14.3 Å². The lowest BCUT2D eigenvalue weighted by atomic mass is 10.1. The van der Waals surface area contributed by atoms with E-state index in [9.17, 15) is 9.00 Å². The number of nitrogens with one attached hydrogen (secondary N) is 1. The molecule has 0 aromatic carbocycles. The molecular formula is C25H26N10O2S. The standard InChI is InChI=1S/C25H26N10O2S/c1-15(2)34-13-20(16-8-29-33(11-16)14-22(26)36)19-10-28-24(7-21(19)34)31-23-5-6-27-25(32-23)17-9-30-35(12-17)38(37)18-3-4-18/h5-13,15,18H,3-4,14H2,1-2H3,(H2,26,36)(H,27,28,31,32). The number of fused-ring (bicyclic) bond motifs is 1. The van der Waals surface area contributed by atoms with Crippen molar-refractivity contribution in [2.75, 3.05) is 5.32 Å². The van der Waals surface area contributed by atoms with Crippen LogP contribution < -0.4 is 11.1 Å². The molecule has 1 fully saturated rings. The number of hydrogen-bond acceptors (Lipinski definition) is 8. The second-order valence-electron chi connectivity index (χ2n) is 9.52. The molecule has 1 amide bonds. The first-order valence-electron chi connectivity index (χ1n) is 12.2. The van der Waals surface area contributed by atoms with Gasteiger partial charge in [-0.3, -0.25) is 9.48 Å². The van der Waals surface area contributed by atoms with Crippen molar-refractivity contribution < 1.29 is 9.00 Å². The molecule has 0 bridgehead atoms. The van der Waals surface area contributed by atoms with Gasteiger partial charge in [-0.05, 0) is 32.8 Å². The van der Waals surface area contributed by atoms with Crippen LogP contribution in [0.5, 0.6) is 0 Å². The highest BCUT2D eigenvalue weighted by Crippen LogP contribution is 2.33. The number of amides is 1. The van der Waals surface area contributed by atoms with Crippen molar-refractivity contribution in [2.45, 2.75) is 44.5 Å². The van der Waals surface area contributed by atoms with Gasteiger partial charge in [0.1, 0.15) is 29.2 Å². The number of primary amides is 1. The number of nitrogens with two attached hydrogens (primary N) is 1. The molecule has 0 radical (unpaired) electrons. The van der Waals surface area contributed by atoms with Gasteiger partial charge < -0.3 is 15.6 Å². The predicted molar refractivity (Wildman–Crippen MR) is 144 cm³/mol. The molecule has 1 saturated carbocycles. The van der Waals surface area contributed by atoms with Crippen LogP contribution in [0.2, 0.25) is 0 Å². The minimum atomic E-state index is -1.15. The normalized spacial score (nSPS) is 14.3. The zero-order valence-electron chi connectivity index (χ0n) is 20.9. The zero-order chi connectivity index (χ0) is 26.4. The van der Waals surface area contributed by atoms with Crippen molar-refractivity contribution in [1.82, 2.24) is 38.5 Å². The van der Waals surface area contributed by atoms with Crippen molar-refractivity contribution in [3.63, 3.8) is 0 Å². The summed E-state index contributed by atoms with van der Waals surface area (Å²) in [7, 11) is -1.15. The number of anilines is 2. The number of pyridine rings is 1. The molecule has 13 heteroatoms. The summed E-state index contributed by atoms with van der Waals surface area (Å²) in [6.45, 7) is 4.25. The maximum Gasteiger partial charge on any atom is 0.239 e. The van der Waals surface area contributed by atoms with E-state index in [0.717, 1.165) is 34.9 Å².